The fourth-order valence-corrected chi connectivity index (χ4v) is 1.97. The van der Waals surface area contributed by atoms with E-state index >= 15 is 0 Å². The van der Waals surface area contributed by atoms with Crippen LogP contribution >= 0.6 is 11.6 Å². The lowest BCUT2D eigenvalue weighted by atomic mass is 10.0. The van der Waals surface area contributed by atoms with Gasteiger partial charge in [-0.1, -0.05) is 17.7 Å². The third-order valence-electron chi connectivity index (χ3n) is 3.14. The Kier molecular flexibility index (Phi) is 3.12. The Morgan fingerprint density at radius 1 is 1.29 bits per heavy atom. The van der Waals surface area contributed by atoms with Gasteiger partial charge in [0.05, 0.1) is 10.6 Å². The van der Waals surface area contributed by atoms with E-state index in [4.69, 9.17) is 17.3 Å². The van der Waals surface area contributed by atoms with Crippen molar-refractivity contribution >= 4 is 11.6 Å². The summed E-state index contributed by atoms with van der Waals surface area (Å²) in [6, 6.07) is 4.05. The summed E-state index contributed by atoms with van der Waals surface area (Å²) in [4.78, 5) is 0. The Hall–Kier alpha value is -0.740. The Morgan fingerprint density at radius 3 is 2.47 bits per heavy atom. The second-order valence-electron chi connectivity index (χ2n) is 4.67. The summed E-state index contributed by atoms with van der Waals surface area (Å²) in [5.74, 6) is 0. The van der Waals surface area contributed by atoms with Crippen LogP contribution in [-0.4, -0.2) is 5.54 Å². The zero-order valence-electron chi connectivity index (χ0n) is 9.15. The molecule has 1 aromatic rings. The van der Waals surface area contributed by atoms with E-state index in [9.17, 15) is 13.2 Å². The molecule has 0 heterocycles. The number of halogens is 4. The number of aryl methyl sites for hydroxylation is 1. The number of hydrogen-bond donors (Lipinski definition) is 1. The maximum Gasteiger partial charge on any atom is 0.417 e. The molecule has 0 aromatic heterocycles. The minimum absolute atomic E-state index is 0.141. The van der Waals surface area contributed by atoms with Crippen LogP contribution in [-0.2, 0) is 12.6 Å². The third kappa shape index (κ3) is 3.13. The van der Waals surface area contributed by atoms with Gasteiger partial charge in [-0.15, -0.1) is 0 Å². The summed E-state index contributed by atoms with van der Waals surface area (Å²) in [6.45, 7) is 0. The molecule has 0 spiro atoms. The molecule has 94 valence electrons. The van der Waals surface area contributed by atoms with Crippen LogP contribution in [0.4, 0.5) is 13.2 Å². The monoisotopic (exact) mass is 263 g/mol. The summed E-state index contributed by atoms with van der Waals surface area (Å²) >= 11 is 5.54. The average molecular weight is 264 g/mol. The van der Waals surface area contributed by atoms with Crippen molar-refractivity contribution in [3.8, 4) is 0 Å². The molecule has 0 radical (unpaired) electrons. The number of benzene rings is 1. The van der Waals surface area contributed by atoms with Gasteiger partial charge in [0.2, 0.25) is 0 Å². The highest BCUT2D eigenvalue weighted by Gasteiger charge is 2.37. The van der Waals surface area contributed by atoms with Crippen LogP contribution < -0.4 is 5.73 Å². The predicted molar refractivity (Wildman–Crippen MR) is 60.9 cm³/mol. The van der Waals surface area contributed by atoms with Gasteiger partial charge >= 0.3 is 6.18 Å². The molecule has 0 bridgehead atoms. The van der Waals surface area contributed by atoms with Crippen LogP contribution in [0.25, 0.3) is 0 Å². The van der Waals surface area contributed by atoms with Gasteiger partial charge in [0.25, 0.3) is 0 Å². The number of hydrogen-bond acceptors (Lipinski definition) is 1. The maximum absolute atomic E-state index is 12.6. The molecule has 1 nitrogen and oxygen atoms in total. The smallest absolute Gasteiger partial charge is 0.325 e. The molecular formula is C12H13ClF3N. The predicted octanol–water partition coefficient (Wildman–Crippen LogP) is 3.78. The minimum atomic E-state index is -4.40. The zero-order chi connectivity index (χ0) is 12.7. The van der Waals surface area contributed by atoms with Gasteiger partial charge in [-0.25, -0.2) is 0 Å². The highest BCUT2D eigenvalue weighted by atomic mass is 35.5. The van der Waals surface area contributed by atoms with Crippen molar-refractivity contribution in [3.63, 3.8) is 0 Å². The van der Waals surface area contributed by atoms with Gasteiger partial charge in [-0.3, -0.25) is 0 Å². The SMILES string of the molecule is NC1(CCc2ccc(Cl)c(C(F)(F)F)c2)CC1. The summed E-state index contributed by atoms with van der Waals surface area (Å²) in [5.41, 5.74) is 5.63. The van der Waals surface area contributed by atoms with Gasteiger partial charge in [0.15, 0.2) is 0 Å². The molecule has 1 aliphatic rings. The highest BCUT2D eigenvalue weighted by Crippen LogP contribution is 2.38. The van der Waals surface area contributed by atoms with E-state index in [1.807, 2.05) is 0 Å². The molecule has 1 aliphatic carbocycles. The van der Waals surface area contributed by atoms with Crippen LogP contribution in [0.3, 0.4) is 0 Å². The second-order valence-corrected chi connectivity index (χ2v) is 5.08. The lowest BCUT2D eigenvalue weighted by Crippen LogP contribution is -2.22. The van der Waals surface area contributed by atoms with E-state index in [2.05, 4.69) is 0 Å². The van der Waals surface area contributed by atoms with Crippen LogP contribution in [0.5, 0.6) is 0 Å². The van der Waals surface area contributed by atoms with E-state index in [1.54, 1.807) is 6.07 Å². The molecule has 0 aliphatic heterocycles. The quantitative estimate of drug-likeness (QED) is 0.882. The van der Waals surface area contributed by atoms with E-state index in [0.717, 1.165) is 25.3 Å². The molecule has 0 unspecified atom stereocenters. The van der Waals surface area contributed by atoms with Gasteiger partial charge in [-0.2, -0.15) is 13.2 Å². The van der Waals surface area contributed by atoms with Crippen molar-refractivity contribution in [3.05, 3.63) is 34.3 Å². The average Bonchev–Trinajstić information content (AvgIpc) is 2.94. The zero-order valence-corrected chi connectivity index (χ0v) is 9.91. The van der Waals surface area contributed by atoms with E-state index < -0.39 is 11.7 Å². The molecule has 5 heteroatoms. The van der Waals surface area contributed by atoms with E-state index in [-0.39, 0.29) is 10.6 Å². The molecule has 1 saturated carbocycles. The van der Waals surface area contributed by atoms with Crippen molar-refractivity contribution in [1.29, 1.82) is 0 Å². The molecule has 2 N–H and O–H groups in total. The first-order chi connectivity index (χ1) is 7.80. The van der Waals surface area contributed by atoms with Crippen molar-refractivity contribution in [2.24, 2.45) is 5.73 Å². The molecule has 0 amide bonds. The van der Waals surface area contributed by atoms with Crippen molar-refractivity contribution in [2.45, 2.75) is 37.4 Å². The summed E-state index contributed by atoms with van der Waals surface area (Å²) in [5, 5.41) is -0.255. The summed E-state index contributed by atoms with van der Waals surface area (Å²) in [6.07, 6.45) is -1.17. The van der Waals surface area contributed by atoms with E-state index in [1.165, 1.54) is 6.07 Å². The molecule has 0 atom stereocenters. The van der Waals surface area contributed by atoms with Crippen LogP contribution in [0.1, 0.15) is 30.4 Å². The first-order valence-electron chi connectivity index (χ1n) is 5.45. The molecule has 0 saturated heterocycles. The lowest BCUT2D eigenvalue weighted by Gasteiger charge is -2.12. The normalized spacial score (nSPS) is 18.2. The molecule has 1 fully saturated rings. The maximum atomic E-state index is 12.6. The minimum Gasteiger partial charge on any atom is -0.325 e. The first-order valence-corrected chi connectivity index (χ1v) is 5.82. The summed E-state index contributed by atoms with van der Waals surface area (Å²) in [7, 11) is 0. The largest absolute Gasteiger partial charge is 0.417 e. The van der Waals surface area contributed by atoms with Crippen molar-refractivity contribution in [1.82, 2.24) is 0 Å². The van der Waals surface area contributed by atoms with Gasteiger partial charge < -0.3 is 5.73 Å². The number of nitrogens with two attached hydrogens (primary N) is 1. The second kappa shape index (κ2) is 4.18. The fraction of sp³-hybridized carbons (Fsp3) is 0.500. The van der Waals surface area contributed by atoms with Crippen LogP contribution in [0.15, 0.2) is 18.2 Å². The van der Waals surface area contributed by atoms with Crippen LogP contribution in [0, 0.1) is 0 Å². The Labute approximate surface area is 103 Å². The molecule has 17 heavy (non-hydrogen) atoms. The van der Waals surface area contributed by atoms with Gasteiger partial charge in [0, 0.05) is 5.54 Å². The lowest BCUT2D eigenvalue weighted by molar-refractivity contribution is -0.137. The van der Waals surface area contributed by atoms with Crippen molar-refractivity contribution in [2.75, 3.05) is 0 Å². The Balaban J connectivity index is 2.13. The highest BCUT2D eigenvalue weighted by molar-refractivity contribution is 6.31. The van der Waals surface area contributed by atoms with Gasteiger partial charge in [-0.05, 0) is 43.4 Å². The van der Waals surface area contributed by atoms with Crippen LogP contribution in [0.2, 0.25) is 5.02 Å². The molecule has 2 rings (SSSR count). The standard InChI is InChI=1S/C12H13ClF3N/c13-10-2-1-8(3-4-11(17)5-6-11)7-9(10)12(14,15)16/h1-2,7H,3-6,17H2. The first kappa shape index (κ1) is 12.7. The fourth-order valence-electron chi connectivity index (χ4n) is 1.75. The number of alkyl halides is 3. The molecule has 1 aromatic carbocycles. The number of rotatable bonds is 3. The third-order valence-corrected chi connectivity index (χ3v) is 3.47. The van der Waals surface area contributed by atoms with E-state index in [0.29, 0.717) is 12.0 Å². The Bertz CT molecular complexity index is 424. The summed E-state index contributed by atoms with van der Waals surface area (Å²) < 4.78 is 37.8. The van der Waals surface area contributed by atoms with Crippen molar-refractivity contribution < 1.29 is 13.2 Å². The Morgan fingerprint density at radius 2 is 1.94 bits per heavy atom. The van der Waals surface area contributed by atoms with Gasteiger partial charge in [0.1, 0.15) is 0 Å². The molecular weight excluding hydrogens is 251 g/mol. The topological polar surface area (TPSA) is 26.0 Å².